The summed E-state index contributed by atoms with van der Waals surface area (Å²) in [7, 11) is -2.12. The number of benzene rings is 2. The average Bonchev–Trinajstić information content (AvgIpc) is 3.14. The molecular weight excluding hydrogens is 472 g/mol. The summed E-state index contributed by atoms with van der Waals surface area (Å²) in [5, 5.41) is 8.32. The van der Waals surface area contributed by atoms with E-state index in [1.807, 2.05) is 31.2 Å². The Labute approximate surface area is 183 Å². The summed E-state index contributed by atoms with van der Waals surface area (Å²) in [4.78, 5) is 0.153. The second-order valence-electron chi connectivity index (χ2n) is 7.06. The van der Waals surface area contributed by atoms with Gasteiger partial charge in [-0.2, -0.15) is 4.31 Å². The third-order valence-electron chi connectivity index (χ3n) is 4.87. The molecule has 1 aliphatic rings. The van der Waals surface area contributed by atoms with Gasteiger partial charge in [0.2, 0.25) is 10.0 Å². The molecule has 0 amide bonds. The number of aromatic nitrogens is 3. The maximum Gasteiger partial charge on any atom is 0.247 e. The van der Waals surface area contributed by atoms with Crippen molar-refractivity contribution in [1.82, 2.24) is 19.3 Å². The van der Waals surface area contributed by atoms with Gasteiger partial charge in [0.1, 0.15) is 23.0 Å². The van der Waals surface area contributed by atoms with Crippen LogP contribution in [-0.4, -0.2) is 47.5 Å². The number of methoxy groups -OCH3 is 1. The zero-order valence-electron chi connectivity index (χ0n) is 16.5. The van der Waals surface area contributed by atoms with Crippen molar-refractivity contribution in [2.75, 3.05) is 13.7 Å². The van der Waals surface area contributed by atoms with Crippen LogP contribution in [-0.2, 0) is 23.1 Å². The Hall–Kier alpha value is -2.43. The van der Waals surface area contributed by atoms with Gasteiger partial charge in [-0.25, -0.2) is 13.1 Å². The Morgan fingerprint density at radius 3 is 2.70 bits per heavy atom. The van der Waals surface area contributed by atoms with Crippen molar-refractivity contribution >= 4 is 26.0 Å². The van der Waals surface area contributed by atoms with Crippen LogP contribution in [0.15, 0.2) is 58.0 Å². The van der Waals surface area contributed by atoms with Gasteiger partial charge in [0, 0.05) is 4.47 Å². The summed E-state index contributed by atoms with van der Waals surface area (Å²) >= 11 is 3.36. The van der Waals surface area contributed by atoms with Gasteiger partial charge in [-0.1, -0.05) is 33.3 Å². The molecule has 4 rings (SSSR count). The molecule has 0 aliphatic carbocycles. The molecule has 0 saturated heterocycles. The zero-order valence-corrected chi connectivity index (χ0v) is 18.9. The van der Waals surface area contributed by atoms with E-state index in [2.05, 4.69) is 26.2 Å². The molecule has 30 heavy (non-hydrogen) atoms. The highest BCUT2D eigenvalue weighted by Crippen LogP contribution is 2.34. The first-order valence-electron chi connectivity index (χ1n) is 9.33. The van der Waals surface area contributed by atoms with Crippen molar-refractivity contribution in [1.29, 1.82) is 0 Å². The van der Waals surface area contributed by atoms with Gasteiger partial charge in [0.15, 0.2) is 0 Å². The molecule has 0 bridgehead atoms. The van der Waals surface area contributed by atoms with Gasteiger partial charge in [-0.05, 0) is 42.8 Å². The molecule has 1 aromatic heterocycles. The Kier molecular flexibility index (Phi) is 5.81. The minimum Gasteiger partial charge on any atom is -0.497 e. The SMILES string of the molecule is COc1ccc(Cn2cc(CN3[C@@H](C)COc4cc(Br)ccc4S3(=O)=O)nn2)cc1. The number of rotatable bonds is 5. The van der Waals surface area contributed by atoms with E-state index in [9.17, 15) is 8.42 Å². The predicted octanol–water partition coefficient (Wildman–Crippen LogP) is 3.07. The quantitative estimate of drug-likeness (QED) is 0.543. The first-order chi connectivity index (χ1) is 14.4. The molecule has 10 heteroatoms. The molecule has 0 saturated carbocycles. The lowest BCUT2D eigenvalue weighted by molar-refractivity contribution is 0.219. The van der Waals surface area contributed by atoms with E-state index >= 15 is 0 Å². The molecule has 0 unspecified atom stereocenters. The van der Waals surface area contributed by atoms with Crippen molar-refractivity contribution in [3.8, 4) is 11.5 Å². The number of halogens is 1. The van der Waals surface area contributed by atoms with E-state index in [0.29, 0.717) is 18.0 Å². The summed E-state index contributed by atoms with van der Waals surface area (Å²) in [5.74, 6) is 1.13. The van der Waals surface area contributed by atoms with Crippen molar-refractivity contribution in [2.24, 2.45) is 0 Å². The first kappa shape index (κ1) is 20.8. The average molecular weight is 493 g/mol. The van der Waals surface area contributed by atoms with Crippen LogP contribution in [0.25, 0.3) is 0 Å². The fraction of sp³-hybridized carbons (Fsp3) is 0.300. The lowest BCUT2D eigenvalue weighted by Crippen LogP contribution is -2.39. The van der Waals surface area contributed by atoms with Crippen molar-refractivity contribution in [2.45, 2.75) is 31.0 Å². The number of nitrogens with zero attached hydrogens (tertiary/aromatic N) is 4. The lowest BCUT2D eigenvalue weighted by Gasteiger charge is -2.24. The van der Waals surface area contributed by atoms with Crippen LogP contribution < -0.4 is 9.47 Å². The van der Waals surface area contributed by atoms with Crippen LogP contribution in [0.2, 0.25) is 0 Å². The first-order valence-corrected chi connectivity index (χ1v) is 11.6. The molecule has 2 heterocycles. The van der Waals surface area contributed by atoms with Crippen molar-refractivity contribution in [3.63, 3.8) is 0 Å². The van der Waals surface area contributed by atoms with Gasteiger partial charge in [-0.3, -0.25) is 0 Å². The van der Waals surface area contributed by atoms with E-state index in [1.165, 1.54) is 4.31 Å². The standard InChI is InChI=1S/C20H21BrN4O4S/c1-14-13-29-19-9-16(21)5-8-20(19)30(26,27)25(14)12-17-11-24(23-22-17)10-15-3-6-18(28-2)7-4-15/h3-9,11,14H,10,12-13H2,1-2H3/t14-/m0/s1. The normalized spacial score (nSPS) is 18.3. The van der Waals surface area contributed by atoms with Crippen molar-refractivity contribution in [3.05, 3.63) is 64.4 Å². The molecule has 1 aliphatic heterocycles. The van der Waals surface area contributed by atoms with Gasteiger partial charge in [-0.15, -0.1) is 5.10 Å². The number of sulfonamides is 1. The lowest BCUT2D eigenvalue weighted by atomic mass is 10.2. The van der Waals surface area contributed by atoms with E-state index in [-0.39, 0.29) is 24.1 Å². The molecule has 0 radical (unpaired) electrons. The Morgan fingerprint density at radius 2 is 1.97 bits per heavy atom. The van der Waals surface area contributed by atoms with Gasteiger partial charge < -0.3 is 9.47 Å². The molecule has 0 N–H and O–H groups in total. The highest BCUT2D eigenvalue weighted by Gasteiger charge is 2.35. The van der Waals surface area contributed by atoms with Crippen LogP contribution in [0, 0.1) is 0 Å². The molecule has 158 valence electrons. The smallest absolute Gasteiger partial charge is 0.247 e. The summed E-state index contributed by atoms with van der Waals surface area (Å²) in [6.07, 6.45) is 1.76. The van der Waals surface area contributed by atoms with Crippen LogP contribution in [0.4, 0.5) is 0 Å². The Balaban J connectivity index is 1.55. The van der Waals surface area contributed by atoms with Crippen LogP contribution in [0.1, 0.15) is 18.2 Å². The summed E-state index contributed by atoms with van der Waals surface area (Å²) in [6.45, 7) is 2.72. The highest BCUT2D eigenvalue weighted by atomic mass is 79.9. The highest BCUT2D eigenvalue weighted by molar-refractivity contribution is 9.10. The number of hydrogen-bond acceptors (Lipinski definition) is 6. The summed E-state index contributed by atoms with van der Waals surface area (Å²) in [5.41, 5.74) is 1.61. The maximum atomic E-state index is 13.3. The molecule has 1 atom stereocenters. The van der Waals surface area contributed by atoms with Crippen LogP contribution >= 0.6 is 15.9 Å². The van der Waals surface area contributed by atoms with Crippen LogP contribution in [0.5, 0.6) is 11.5 Å². The third-order valence-corrected chi connectivity index (χ3v) is 7.36. The zero-order chi connectivity index (χ0) is 21.3. The number of hydrogen-bond donors (Lipinski definition) is 0. The van der Waals surface area contributed by atoms with E-state index < -0.39 is 10.0 Å². The summed E-state index contributed by atoms with van der Waals surface area (Å²) in [6, 6.07) is 12.2. The number of ether oxygens (including phenoxy) is 2. The largest absolute Gasteiger partial charge is 0.497 e. The van der Waals surface area contributed by atoms with E-state index in [0.717, 1.165) is 15.8 Å². The topological polar surface area (TPSA) is 86.5 Å². The Morgan fingerprint density at radius 1 is 1.20 bits per heavy atom. The van der Waals surface area contributed by atoms with Gasteiger partial charge in [0.05, 0.1) is 38.1 Å². The van der Waals surface area contributed by atoms with Crippen molar-refractivity contribution < 1.29 is 17.9 Å². The molecule has 2 aromatic carbocycles. The molecular formula is C20H21BrN4O4S. The molecule has 0 fully saturated rings. The van der Waals surface area contributed by atoms with E-state index in [4.69, 9.17) is 9.47 Å². The second-order valence-corrected chi connectivity index (χ2v) is 9.83. The monoisotopic (exact) mass is 492 g/mol. The fourth-order valence-corrected chi connectivity index (χ4v) is 5.31. The van der Waals surface area contributed by atoms with Crippen LogP contribution in [0.3, 0.4) is 0 Å². The molecule has 8 nitrogen and oxygen atoms in total. The minimum atomic E-state index is -3.74. The van der Waals surface area contributed by atoms with Gasteiger partial charge in [0.25, 0.3) is 0 Å². The predicted molar refractivity (Wildman–Crippen MR) is 114 cm³/mol. The Bertz CT molecular complexity index is 1150. The fourth-order valence-electron chi connectivity index (χ4n) is 3.27. The summed E-state index contributed by atoms with van der Waals surface area (Å²) < 4.78 is 41.3. The maximum absolute atomic E-state index is 13.3. The molecule has 0 spiro atoms. The second kappa shape index (κ2) is 8.37. The minimum absolute atomic E-state index is 0.116. The molecule has 3 aromatic rings. The van der Waals surface area contributed by atoms with Gasteiger partial charge >= 0.3 is 0 Å². The van der Waals surface area contributed by atoms with E-state index in [1.54, 1.807) is 36.2 Å². The third kappa shape index (κ3) is 4.21. The number of fused-ring (bicyclic) bond motifs is 1.